The van der Waals surface area contributed by atoms with Gasteiger partial charge in [-0.2, -0.15) is 0 Å². The maximum atomic E-state index is 9.84. The lowest BCUT2D eigenvalue weighted by atomic mass is 9.84. The van der Waals surface area contributed by atoms with E-state index in [4.69, 9.17) is 4.74 Å². The third-order valence-electron chi connectivity index (χ3n) is 2.85. The molecule has 12 heavy (non-hydrogen) atoms. The highest BCUT2D eigenvalue weighted by atomic mass is 16.6. The molecule has 0 aromatic carbocycles. The predicted octanol–water partition coefficient (Wildman–Crippen LogP) is 1.74. The average Bonchev–Trinajstić information content (AvgIpc) is 2.58. The summed E-state index contributed by atoms with van der Waals surface area (Å²) in [7, 11) is 0. The summed E-state index contributed by atoms with van der Waals surface area (Å²) in [5, 5.41) is 9.84. The third kappa shape index (κ3) is 1.54. The second kappa shape index (κ2) is 2.57. The number of rotatable bonds is 3. The van der Waals surface area contributed by atoms with E-state index >= 15 is 0 Å². The Kier molecular flexibility index (Phi) is 2.09. The average molecular weight is 170 g/mol. The Hall–Kier alpha value is -0.340. The van der Waals surface area contributed by atoms with Crippen molar-refractivity contribution in [3.05, 3.63) is 12.7 Å². The number of hydrogen-bond acceptors (Lipinski definition) is 2. The standard InChI is InChI=1S/C10H18O2/c1-6-10(5,11)7(2)8-9(3,4)12-8/h6-8,11H,1H2,2-5H3. The first-order valence-corrected chi connectivity index (χ1v) is 4.35. The van der Waals surface area contributed by atoms with Crippen molar-refractivity contribution in [1.29, 1.82) is 0 Å². The lowest BCUT2D eigenvalue weighted by Gasteiger charge is -2.25. The van der Waals surface area contributed by atoms with Crippen LogP contribution in [0.4, 0.5) is 0 Å². The summed E-state index contributed by atoms with van der Waals surface area (Å²) in [6.07, 6.45) is 1.74. The van der Waals surface area contributed by atoms with Crippen LogP contribution in [0.15, 0.2) is 12.7 Å². The van der Waals surface area contributed by atoms with Gasteiger partial charge in [-0.3, -0.25) is 0 Å². The number of epoxide rings is 1. The zero-order chi connectivity index (χ0) is 9.57. The van der Waals surface area contributed by atoms with Gasteiger partial charge in [-0.25, -0.2) is 0 Å². The molecule has 0 saturated carbocycles. The molecule has 3 atom stereocenters. The van der Waals surface area contributed by atoms with Crippen LogP contribution in [0.2, 0.25) is 0 Å². The highest BCUT2D eigenvalue weighted by Gasteiger charge is 2.54. The summed E-state index contributed by atoms with van der Waals surface area (Å²) < 4.78 is 5.45. The molecule has 1 aliphatic heterocycles. The van der Waals surface area contributed by atoms with Gasteiger partial charge in [0.25, 0.3) is 0 Å². The van der Waals surface area contributed by atoms with Crippen LogP contribution >= 0.6 is 0 Å². The molecular weight excluding hydrogens is 152 g/mol. The maximum absolute atomic E-state index is 9.84. The van der Waals surface area contributed by atoms with Crippen molar-refractivity contribution in [1.82, 2.24) is 0 Å². The Morgan fingerprint density at radius 1 is 1.67 bits per heavy atom. The second-order valence-electron chi connectivity index (χ2n) is 4.36. The van der Waals surface area contributed by atoms with Gasteiger partial charge in [-0.05, 0) is 20.8 Å². The quantitative estimate of drug-likeness (QED) is 0.517. The minimum atomic E-state index is -0.821. The Morgan fingerprint density at radius 3 is 2.33 bits per heavy atom. The topological polar surface area (TPSA) is 32.8 Å². The zero-order valence-corrected chi connectivity index (χ0v) is 8.29. The lowest BCUT2D eigenvalue weighted by Crippen LogP contribution is -2.35. The van der Waals surface area contributed by atoms with E-state index in [1.54, 1.807) is 13.0 Å². The van der Waals surface area contributed by atoms with Gasteiger partial charge in [0.1, 0.15) is 0 Å². The monoisotopic (exact) mass is 170 g/mol. The first-order valence-electron chi connectivity index (χ1n) is 4.35. The first kappa shape index (κ1) is 9.75. The SMILES string of the molecule is C=CC(C)(O)C(C)C1OC1(C)C. The zero-order valence-electron chi connectivity index (χ0n) is 8.29. The van der Waals surface area contributed by atoms with Crippen LogP contribution in [0.1, 0.15) is 27.7 Å². The Balaban J connectivity index is 2.61. The maximum Gasteiger partial charge on any atom is 0.0923 e. The smallest absolute Gasteiger partial charge is 0.0923 e. The Labute approximate surface area is 74.2 Å². The van der Waals surface area contributed by atoms with Crippen LogP contribution < -0.4 is 0 Å². The van der Waals surface area contributed by atoms with Gasteiger partial charge in [-0.15, -0.1) is 6.58 Å². The van der Waals surface area contributed by atoms with Crippen LogP contribution in [0.25, 0.3) is 0 Å². The largest absolute Gasteiger partial charge is 0.386 e. The normalized spacial score (nSPS) is 33.6. The molecule has 1 fully saturated rings. The van der Waals surface area contributed by atoms with E-state index in [0.29, 0.717) is 0 Å². The second-order valence-corrected chi connectivity index (χ2v) is 4.36. The van der Waals surface area contributed by atoms with Crippen LogP contribution in [-0.2, 0) is 4.74 Å². The molecule has 2 nitrogen and oxygen atoms in total. The molecule has 0 aromatic rings. The molecule has 70 valence electrons. The van der Waals surface area contributed by atoms with Crippen molar-refractivity contribution in [2.75, 3.05) is 0 Å². The van der Waals surface area contributed by atoms with Crippen molar-refractivity contribution in [2.24, 2.45) is 5.92 Å². The summed E-state index contributed by atoms with van der Waals surface area (Å²) >= 11 is 0. The third-order valence-corrected chi connectivity index (χ3v) is 2.85. The molecule has 1 aliphatic rings. The molecule has 1 saturated heterocycles. The predicted molar refractivity (Wildman–Crippen MR) is 48.9 cm³/mol. The van der Waals surface area contributed by atoms with Gasteiger partial charge in [0.2, 0.25) is 0 Å². The summed E-state index contributed by atoms with van der Waals surface area (Å²) in [6.45, 7) is 11.4. The van der Waals surface area contributed by atoms with Crippen LogP contribution in [-0.4, -0.2) is 22.4 Å². The van der Waals surface area contributed by atoms with Crippen molar-refractivity contribution >= 4 is 0 Å². The van der Waals surface area contributed by atoms with Crippen molar-refractivity contribution < 1.29 is 9.84 Å². The Morgan fingerprint density at radius 2 is 2.08 bits per heavy atom. The minimum absolute atomic E-state index is 0.0631. The van der Waals surface area contributed by atoms with Crippen LogP contribution in [0.5, 0.6) is 0 Å². The van der Waals surface area contributed by atoms with Gasteiger partial charge >= 0.3 is 0 Å². The fraction of sp³-hybridized carbons (Fsp3) is 0.800. The van der Waals surface area contributed by atoms with Crippen molar-refractivity contribution in [3.8, 4) is 0 Å². The number of aliphatic hydroxyl groups is 1. The molecule has 0 aliphatic carbocycles. The summed E-state index contributed by atoms with van der Waals surface area (Å²) in [5.41, 5.74) is -0.884. The van der Waals surface area contributed by atoms with E-state index in [0.717, 1.165) is 0 Å². The summed E-state index contributed by atoms with van der Waals surface area (Å²) in [6, 6.07) is 0. The fourth-order valence-corrected chi connectivity index (χ4v) is 1.49. The van der Waals surface area contributed by atoms with E-state index in [1.165, 1.54) is 0 Å². The lowest BCUT2D eigenvalue weighted by molar-refractivity contribution is 0.0411. The molecular formula is C10H18O2. The molecule has 2 heteroatoms. The van der Waals surface area contributed by atoms with E-state index in [-0.39, 0.29) is 17.6 Å². The van der Waals surface area contributed by atoms with Gasteiger partial charge in [-0.1, -0.05) is 13.0 Å². The van der Waals surface area contributed by atoms with E-state index < -0.39 is 5.60 Å². The van der Waals surface area contributed by atoms with Gasteiger partial charge in [0, 0.05) is 5.92 Å². The molecule has 0 radical (unpaired) electrons. The highest BCUT2D eigenvalue weighted by Crippen LogP contribution is 2.44. The minimum Gasteiger partial charge on any atom is -0.386 e. The highest BCUT2D eigenvalue weighted by molar-refractivity contribution is 5.07. The molecule has 0 amide bonds. The van der Waals surface area contributed by atoms with Gasteiger partial charge < -0.3 is 9.84 Å². The van der Waals surface area contributed by atoms with E-state index in [2.05, 4.69) is 6.58 Å². The first-order chi connectivity index (χ1) is 5.31. The molecule has 0 aromatic heterocycles. The molecule has 0 spiro atoms. The molecule has 1 N–H and O–H groups in total. The molecule has 1 heterocycles. The fourth-order valence-electron chi connectivity index (χ4n) is 1.49. The van der Waals surface area contributed by atoms with E-state index in [9.17, 15) is 5.11 Å². The molecule has 1 rings (SSSR count). The summed E-state index contributed by atoms with van der Waals surface area (Å²) in [5.74, 6) is 0.102. The van der Waals surface area contributed by atoms with Crippen LogP contribution in [0, 0.1) is 5.92 Å². The molecule has 0 bridgehead atoms. The van der Waals surface area contributed by atoms with Crippen LogP contribution in [0.3, 0.4) is 0 Å². The summed E-state index contributed by atoms with van der Waals surface area (Å²) in [4.78, 5) is 0. The molecule has 3 unspecified atom stereocenters. The Bertz CT molecular complexity index is 194. The van der Waals surface area contributed by atoms with Crippen molar-refractivity contribution in [3.63, 3.8) is 0 Å². The number of ether oxygens (including phenoxy) is 1. The van der Waals surface area contributed by atoms with Gasteiger partial charge in [0.05, 0.1) is 17.3 Å². The number of hydrogen-bond donors (Lipinski definition) is 1. The van der Waals surface area contributed by atoms with Gasteiger partial charge in [0.15, 0.2) is 0 Å². The van der Waals surface area contributed by atoms with E-state index in [1.807, 2.05) is 20.8 Å². The van der Waals surface area contributed by atoms with Crippen molar-refractivity contribution in [2.45, 2.75) is 45.0 Å².